The van der Waals surface area contributed by atoms with Gasteiger partial charge in [0.05, 0.1) is 5.52 Å². The molecule has 0 N–H and O–H groups in total. The van der Waals surface area contributed by atoms with E-state index in [2.05, 4.69) is 46.0 Å². The van der Waals surface area contributed by atoms with Gasteiger partial charge in [0.15, 0.2) is 0 Å². The summed E-state index contributed by atoms with van der Waals surface area (Å²) < 4.78 is 1.10. The van der Waals surface area contributed by atoms with Gasteiger partial charge in [0.1, 0.15) is 0 Å². The van der Waals surface area contributed by atoms with Gasteiger partial charge in [0.2, 0.25) is 0 Å². The molecule has 0 aliphatic rings. The smallest absolute Gasteiger partial charge is 0.0844 e. The number of rotatable bonds is 2. The normalized spacial score (nSPS) is 10.7. The van der Waals surface area contributed by atoms with Gasteiger partial charge in [0.25, 0.3) is 0 Å². The van der Waals surface area contributed by atoms with E-state index >= 15 is 0 Å². The predicted octanol–water partition coefficient (Wildman–Crippen LogP) is 3.95. The lowest BCUT2D eigenvalue weighted by atomic mass is 10.1. The van der Waals surface area contributed by atoms with Crippen LogP contribution in [-0.2, 0) is 6.42 Å². The predicted molar refractivity (Wildman–Crippen MR) is 63.4 cm³/mol. The molecule has 0 saturated heterocycles. The summed E-state index contributed by atoms with van der Waals surface area (Å²) in [5.41, 5.74) is 2.42. The molecule has 0 radical (unpaired) electrons. The Morgan fingerprint density at radius 2 is 2.21 bits per heavy atom. The van der Waals surface area contributed by atoms with Crippen LogP contribution < -0.4 is 0 Å². The quantitative estimate of drug-likeness (QED) is 0.786. The molecule has 1 aromatic heterocycles. The minimum Gasteiger partial charge on any atom is -0.255 e. The number of fused-ring (bicyclic) bond motifs is 1. The van der Waals surface area contributed by atoms with Crippen LogP contribution in [-0.4, -0.2) is 4.98 Å². The number of hydrogen-bond acceptors (Lipinski definition) is 1. The molecule has 2 heteroatoms. The molecule has 0 amide bonds. The molecule has 0 atom stereocenters. The number of hydrogen-bond donors (Lipinski definition) is 0. The van der Waals surface area contributed by atoms with Crippen molar-refractivity contribution in [3.63, 3.8) is 0 Å². The first kappa shape index (κ1) is 9.66. The highest BCUT2D eigenvalue weighted by Gasteiger charge is 2.01. The maximum Gasteiger partial charge on any atom is 0.0844 e. The molecule has 0 unspecified atom stereocenters. The Labute approximate surface area is 92.3 Å². The summed E-state index contributed by atoms with van der Waals surface area (Å²) in [6.45, 7) is 2.20. The van der Waals surface area contributed by atoms with Crippen molar-refractivity contribution in [2.45, 2.75) is 19.8 Å². The average molecular weight is 250 g/mol. The standard InChI is InChI=1S/C12H12BrN/c1-2-4-9-7-10-5-3-6-14-12(10)11(13)8-9/h3,5-8H,2,4H2,1H3. The lowest BCUT2D eigenvalue weighted by Crippen LogP contribution is -1.86. The van der Waals surface area contributed by atoms with Gasteiger partial charge < -0.3 is 0 Å². The number of halogens is 1. The molecule has 1 heterocycles. The number of benzene rings is 1. The Morgan fingerprint density at radius 1 is 1.36 bits per heavy atom. The van der Waals surface area contributed by atoms with Crippen LogP contribution in [0.5, 0.6) is 0 Å². The molecule has 72 valence electrons. The first-order chi connectivity index (χ1) is 6.81. The van der Waals surface area contributed by atoms with E-state index < -0.39 is 0 Å². The minimum absolute atomic E-state index is 1.05. The van der Waals surface area contributed by atoms with Crippen LogP contribution in [0.2, 0.25) is 0 Å². The van der Waals surface area contributed by atoms with E-state index in [1.54, 1.807) is 0 Å². The molecule has 0 bridgehead atoms. The van der Waals surface area contributed by atoms with Gasteiger partial charge in [-0.25, -0.2) is 0 Å². The zero-order valence-electron chi connectivity index (χ0n) is 8.13. The van der Waals surface area contributed by atoms with Crippen LogP contribution in [0.4, 0.5) is 0 Å². The molecule has 0 spiro atoms. The Bertz CT molecular complexity index is 451. The average Bonchev–Trinajstić information content (AvgIpc) is 2.18. The van der Waals surface area contributed by atoms with Crippen LogP contribution in [0, 0.1) is 0 Å². The van der Waals surface area contributed by atoms with Gasteiger partial charge in [-0.2, -0.15) is 0 Å². The number of aryl methyl sites for hydroxylation is 1. The maximum absolute atomic E-state index is 4.34. The Kier molecular flexibility index (Phi) is 2.82. The summed E-state index contributed by atoms with van der Waals surface area (Å²) in [5.74, 6) is 0. The third-order valence-corrected chi connectivity index (χ3v) is 2.86. The van der Waals surface area contributed by atoms with Crippen molar-refractivity contribution in [2.75, 3.05) is 0 Å². The van der Waals surface area contributed by atoms with Gasteiger partial charge >= 0.3 is 0 Å². The topological polar surface area (TPSA) is 12.9 Å². The summed E-state index contributed by atoms with van der Waals surface area (Å²) in [6.07, 6.45) is 4.13. The lowest BCUT2D eigenvalue weighted by molar-refractivity contribution is 0.923. The van der Waals surface area contributed by atoms with Crippen LogP contribution >= 0.6 is 15.9 Å². The SMILES string of the molecule is CCCc1cc(Br)c2ncccc2c1. The third-order valence-electron chi connectivity index (χ3n) is 2.26. The Balaban J connectivity index is 2.60. The summed E-state index contributed by atoms with van der Waals surface area (Å²) in [7, 11) is 0. The van der Waals surface area contributed by atoms with Crippen molar-refractivity contribution in [1.82, 2.24) is 4.98 Å². The Hall–Kier alpha value is -0.890. The molecule has 14 heavy (non-hydrogen) atoms. The first-order valence-corrected chi connectivity index (χ1v) is 5.63. The molecular formula is C12H12BrN. The van der Waals surface area contributed by atoms with Crippen LogP contribution in [0.25, 0.3) is 10.9 Å². The van der Waals surface area contributed by atoms with Gasteiger partial charge in [-0.05, 0) is 46.1 Å². The number of nitrogens with zero attached hydrogens (tertiary/aromatic N) is 1. The maximum atomic E-state index is 4.34. The van der Waals surface area contributed by atoms with E-state index in [0.29, 0.717) is 0 Å². The second-order valence-electron chi connectivity index (χ2n) is 3.40. The van der Waals surface area contributed by atoms with Gasteiger partial charge in [-0.15, -0.1) is 0 Å². The lowest BCUT2D eigenvalue weighted by Gasteiger charge is -2.03. The van der Waals surface area contributed by atoms with Gasteiger partial charge in [0, 0.05) is 16.1 Å². The molecular weight excluding hydrogens is 238 g/mol. The monoisotopic (exact) mass is 249 g/mol. The van der Waals surface area contributed by atoms with Crippen molar-refractivity contribution in [3.8, 4) is 0 Å². The summed E-state index contributed by atoms with van der Waals surface area (Å²) in [5, 5.41) is 1.21. The summed E-state index contributed by atoms with van der Waals surface area (Å²) in [6, 6.07) is 8.46. The van der Waals surface area contributed by atoms with Crippen LogP contribution in [0.3, 0.4) is 0 Å². The summed E-state index contributed by atoms with van der Waals surface area (Å²) >= 11 is 3.56. The van der Waals surface area contributed by atoms with E-state index in [0.717, 1.165) is 16.4 Å². The minimum atomic E-state index is 1.05. The molecule has 0 aliphatic carbocycles. The summed E-state index contributed by atoms with van der Waals surface area (Å²) in [4.78, 5) is 4.34. The molecule has 0 saturated carbocycles. The van der Waals surface area contributed by atoms with E-state index in [9.17, 15) is 0 Å². The highest BCUT2D eigenvalue weighted by atomic mass is 79.9. The highest BCUT2D eigenvalue weighted by molar-refractivity contribution is 9.10. The fraction of sp³-hybridized carbons (Fsp3) is 0.250. The van der Waals surface area contributed by atoms with Gasteiger partial charge in [-0.1, -0.05) is 19.4 Å². The number of aromatic nitrogens is 1. The largest absolute Gasteiger partial charge is 0.255 e. The van der Waals surface area contributed by atoms with Crippen LogP contribution in [0.1, 0.15) is 18.9 Å². The third kappa shape index (κ3) is 1.80. The van der Waals surface area contributed by atoms with E-state index in [4.69, 9.17) is 0 Å². The van der Waals surface area contributed by atoms with Crippen molar-refractivity contribution in [2.24, 2.45) is 0 Å². The molecule has 2 rings (SSSR count). The van der Waals surface area contributed by atoms with Crippen molar-refractivity contribution in [3.05, 3.63) is 40.5 Å². The Morgan fingerprint density at radius 3 is 3.00 bits per heavy atom. The molecule has 1 aromatic carbocycles. The van der Waals surface area contributed by atoms with Crippen molar-refractivity contribution in [1.29, 1.82) is 0 Å². The molecule has 1 nitrogen and oxygen atoms in total. The first-order valence-electron chi connectivity index (χ1n) is 4.84. The van der Waals surface area contributed by atoms with Crippen molar-refractivity contribution >= 4 is 26.8 Å². The van der Waals surface area contributed by atoms with E-state index in [1.807, 2.05) is 12.3 Å². The zero-order valence-corrected chi connectivity index (χ0v) is 9.71. The van der Waals surface area contributed by atoms with E-state index in [1.165, 1.54) is 17.4 Å². The highest BCUT2D eigenvalue weighted by Crippen LogP contribution is 2.24. The molecule has 2 aromatic rings. The van der Waals surface area contributed by atoms with Crippen molar-refractivity contribution < 1.29 is 0 Å². The fourth-order valence-electron chi connectivity index (χ4n) is 1.64. The number of pyridine rings is 1. The zero-order chi connectivity index (χ0) is 9.97. The van der Waals surface area contributed by atoms with Crippen LogP contribution in [0.15, 0.2) is 34.9 Å². The second-order valence-corrected chi connectivity index (χ2v) is 4.26. The molecule has 0 aliphatic heterocycles. The van der Waals surface area contributed by atoms with Gasteiger partial charge in [-0.3, -0.25) is 4.98 Å². The second kappa shape index (κ2) is 4.09. The molecule has 0 fully saturated rings. The fourth-order valence-corrected chi connectivity index (χ4v) is 2.26. The van der Waals surface area contributed by atoms with E-state index in [-0.39, 0.29) is 0 Å².